The van der Waals surface area contributed by atoms with Crippen molar-refractivity contribution < 1.29 is 9.66 Å². The van der Waals surface area contributed by atoms with Crippen LogP contribution in [0.3, 0.4) is 0 Å². The number of nitrogens with one attached hydrogen (secondary N) is 1. The van der Waals surface area contributed by atoms with Crippen molar-refractivity contribution in [3.8, 4) is 0 Å². The van der Waals surface area contributed by atoms with Gasteiger partial charge in [-0.15, -0.1) is 0 Å². The van der Waals surface area contributed by atoms with Crippen molar-refractivity contribution in [2.45, 2.75) is 13.0 Å². The second-order valence-electron chi connectivity index (χ2n) is 4.91. The molecular weight excluding hydrogens is 258 g/mol. The number of hydrogen-bond acceptors (Lipinski definition) is 5. The number of nitrogens with zero attached hydrogens (tertiary/aromatic N) is 2. The van der Waals surface area contributed by atoms with E-state index in [1.54, 1.807) is 12.1 Å². The summed E-state index contributed by atoms with van der Waals surface area (Å²) in [4.78, 5) is 12.7. The van der Waals surface area contributed by atoms with E-state index in [1.807, 2.05) is 6.07 Å². The van der Waals surface area contributed by atoms with Gasteiger partial charge in [0.05, 0.1) is 18.1 Å². The molecule has 0 bridgehead atoms. The Bertz CT molecular complexity index is 433. The number of benzene rings is 1. The van der Waals surface area contributed by atoms with Crippen LogP contribution < -0.4 is 5.32 Å². The average molecular weight is 279 g/mol. The van der Waals surface area contributed by atoms with Crippen LogP contribution in [0, 0.1) is 10.1 Å². The largest absolute Gasteiger partial charge is 0.379 e. The van der Waals surface area contributed by atoms with Gasteiger partial charge in [-0.1, -0.05) is 12.1 Å². The van der Waals surface area contributed by atoms with Gasteiger partial charge in [-0.3, -0.25) is 15.0 Å². The highest BCUT2D eigenvalue weighted by molar-refractivity contribution is 5.34. The van der Waals surface area contributed by atoms with Gasteiger partial charge in [-0.05, 0) is 25.1 Å². The standard InChI is InChI=1S/C14H21N3O3/c18-17(19)14-4-1-3-13(11-14)12-15-5-2-6-16-7-9-20-10-8-16/h1,3-4,11,15H,2,5-10,12H2. The van der Waals surface area contributed by atoms with E-state index in [0.717, 1.165) is 51.4 Å². The van der Waals surface area contributed by atoms with Gasteiger partial charge < -0.3 is 10.1 Å². The minimum absolute atomic E-state index is 0.151. The molecule has 0 amide bonds. The van der Waals surface area contributed by atoms with Gasteiger partial charge >= 0.3 is 0 Å². The number of non-ortho nitro benzene ring substituents is 1. The van der Waals surface area contributed by atoms with Gasteiger partial charge in [-0.2, -0.15) is 0 Å². The molecule has 6 nitrogen and oxygen atoms in total. The Morgan fingerprint density at radius 2 is 2.15 bits per heavy atom. The second kappa shape index (κ2) is 7.94. The lowest BCUT2D eigenvalue weighted by molar-refractivity contribution is -0.384. The fourth-order valence-electron chi connectivity index (χ4n) is 2.27. The van der Waals surface area contributed by atoms with E-state index in [1.165, 1.54) is 6.07 Å². The third-order valence-corrected chi connectivity index (χ3v) is 3.38. The molecule has 0 atom stereocenters. The third kappa shape index (κ3) is 4.88. The summed E-state index contributed by atoms with van der Waals surface area (Å²) in [6.45, 7) is 6.37. The molecule has 1 heterocycles. The van der Waals surface area contributed by atoms with E-state index in [2.05, 4.69) is 10.2 Å². The fraction of sp³-hybridized carbons (Fsp3) is 0.571. The van der Waals surface area contributed by atoms with Gasteiger partial charge in [0.25, 0.3) is 5.69 Å². The number of nitro benzene ring substituents is 1. The zero-order valence-corrected chi connectivity index (χ0v) is 11.6. The highest BCUT2D eigenvalue weighted by Gasteiger charge is 2.09. The van der Waals surface area contributed by atoms with Crippen molar-refractivity contribution in [1.29, 1.82) is 0 Å². The molecule has 0 spiro atoms. The third-order valence-electron chi connectivity index (χ3n) is 3.38. The molecule has 2 rings (SSSR count). The number of rotatable bonds is 7. The van der Waals surface area contributed by atoms with Crippen LogP contribution in [-0.2, 0) is 11.3 Å². The summed E-state index contributed by atoms with van der Waals surface area (Å²) < 4.78 is 5.30. The lowest BCUT2D eigenvalue weighted by Gasteiger charge is -2.26. The molecule has 0 saturated carbocycles. The molecule has 1 N–H and O–H groups in total. The maximum atomic E-state index is 10.7. The van der Waals surface area contributed by atoms with E-state index in [9.17, 15) is 10.1 Å². The fourth-order valence-corrected chi connectivity index (χ4v) is 2.27. The molecule has 0 unspecified atom stereocenters. The summed E-state index contributed by atoms with van der Waals surface area (Å²) in [6, 6.07) is 6.77. The van der Waals surface area contributed by atoms with Crippen LogP contribution in [0.5, 0.6) is 0 Å². The van der Waals surface area contributed by atoms with Crippen LogP contribution in [0.4, 0.5) is 5.69 Å². The molecule has 0 radical (unpaired) electrons. The number of nitro groups is 1. The summed E-state index contributed by atoms with van der Waals surface area (Å²) in [7, 11) is 0. The second-order valence-corrected chi connectivity index (χ2v) is 4.91. The Morgan fingerprint density at radius 3 is 2.90 bits per heavy atom. The minimum Gasteiger partial charge on any atom is -0.379 e. The van der Waals surface area contributed by atoms with Crippen LogP contribution in [0.2, 0.25) is 0 Å². The van der Waals surface area contributed by atoms with Gasteiger partial charge in [0.2, 0.25) is 0 Å². The zero-order valence-electron chi connectivity index (χ0n) is 11.6. The van der Waals surface area contributed by atoms with E-state index in [-0.39, 0.29) is 10.6 Å². The van der Waals surface area contributed by atoms with Crippen LogP contribution in [0.1, 0.15) is 12.0 Å². The number of morpholine rings is 1. The molecule has 110 valence electrons. The predicted octanol–water partition coefficient (Wildman–Crippen LogP) is 1.41. The molecule has 1 fully saturated rings. The first-order valence-electron chi connectivity index (χ1n) is 7.00. The number of hydrogen-bond donors (Lipinski definition) is 1. The molecule has 20 heavy (non-hydrogen) atoms. The van der Waals surface area contributed by atoms with Gasteiger partial charge in [0.1, 0.15) is 0 Å². The van der Waals surface area contributed by atoms with Crippen LogP contribution in [0.25, 0.3) is 0 Å². The summed E-state index contributed by atoms with van der Waals surface area (Å²) in [5, 5.41) is 14.0. The highest BCUT2D eigenvalue weighted by atomic mass is 16.6. The Labute approximate surface area is 118 Å². The molecule has 1 saturated heterocycles. The van der Waals surface area contributed by atoms with Crippen molar-refractivity contribution in [1.82, 2.24) is 10.2 Å². The molecule has 0 aromatic heterocycles. The summed E-state index contributed by atoms with van der Waals surface area (Å²) in [6.07, 6.45) is 1.08. The number of ether oxygens (including phenoxy) is 1. The molecule has 1 aliphatic rings. The van der Waals surface area contributed by atoms with Gasteiger partial charge in [-0.25, -0.2) is 0 Å². The Morgan fingerprint density at radius 1 is 1.35 bits per heavy atom. The highest BCUT2D eigenvalue weighted by Crippen LogP contribution is 2.12. The first-order chi connectivity index (χ1) is 9.75. The molecular formula is C14H21N3O3. The summed E-state index contributed by atoms with van der Waals surface area (Å²) in [5.74, 6) is 0. The average Bonchev–Trinajstić information content (AvgIpc) is 2.48. The van der Waals surface area contributed by atoms with E-state index in [0.29, 0.717) is 6.54 Å². The molecule has 1 aromatic carbocycles. The zero-order chi connectivity index (χ0) is 14.2. The lowest BCUT2D eigenvalue weighted by atomic mass is 10.2. The topological polar surface area (TPSA) is 67.6 Å². The smallest absolute Gasteiger partial charge is 0.269 e. The van der Waals surface area contributed by atoms with Crippen molar-refractivity contribution in [2.75, 3.05) is 39.4 Å². The maximum absolute atomic E-state index is 10.7. The first kappa shape index (κ1) is 14.9. The summed E-state index contributed by atoms with van der Waals surface area (Å²) in [5.41, 5.74) is 1.10. The van der Waals surface area contributed by atoms with Crippen LogP contribution >= 0.6 is 0 Å². The molecule has 0 aliphatic carbocycles. The normalized spacial score (nSPS) is 16.2. The summed E-state index contributed by atoms with van der Waals surface area (Å²) >= 11 is 0. The SMILES string of the molecule is O=[N+]([O-])c1cccc(CNCCCN2CCOCC2)c1. The van der Waals surface area contributed by atoms with Crippen molar-refractivity contribution in [3.63, 3.8) is 0 Å². The molecule has 6 heteroatoms. The van der Waals surface area contributed by atoms with Crippen LogP contribution in [0.15, 0.2) is 24.3 Å². The van der Waals surface area contributed by atoms with E-state index >= 15 is 0 Å². The lowest BCUT2D eigenvalue weighted by Crippen LogP contribution is -2.37. The van der Waals surface area contributed by atoms with Gasteiger partial charge in [0.15, 0.2) is 0 Å². The minimum atomic E-state index is -0.359. The maximum Gasteiger partial charge on any atom is 0.269 e. The van der Waals surface area contributed by atoms with E-state index in [4.69, 9.17) is 4.74 Å². The monoisotopic (exact) mass is 279 g/mol. The molecule has 1 aromatic rings. The first-order valence-corrected chi connectivity index (χ1v) is 7.00. The van der Waals surface area contributed by atoms with Crippen molar-refractivity contribution in [2.24, 2.45) is 0 Å². The predicted molar refractivity (Wildman–Crippen MR) is 76.7 cm³/mol. The Balaban J connectivity index is 1.63. The van der Waals surface area contributed by atoms with Crippen molar-refractivity contribution in [3.05, 3.63) is 39.9 Å². The molecule has 1 aliphatic heterocycles. The van der Waals surface area contributed by atoms with E-state index < -0.39 is 0 Å². The Kier molecular flexibility index (Phi) is 5.91. The van der Waals surface area contributed by atoms with Crippen LogP contribution in [-0.4, -0.2) is 49.2 Å². The van der Waals surface area contributed by atoms with Gasteiger partial charge in [0, 0.05) is 31.8 Å². The van der Waals surface area contributed by atoms with Crippen molar-refractivity contribution >= 4 is 5.69 Å². The Hall–Kier alpha value is -1.50. The quantitative estimate of drug-likeness (QED) is 0.464.